The molecule has 0 aromatic carbocycles. The summed E-state index contributed by atoms with van der Waals surface area (Å²) in [5.41, 5.74) is -0.977. The van der Waals surface area contributed by atoms with Crippen LogP contribution in [0.2, 0.25) is 0 Å². The number of hydrogen-bond donors (Lipinski definition) is 1. The Bertz CT molecular complexity index is 338. The van der Waals surface area contributed by atoms with Crippen LogP contribution in [0.25, 0.3) is 0 Å². The number of piperidine rings is 1. The van der Waals surface area contributed by atoms with Gasteiger partial charge in [-0.15, -0.1) is 0 Å². The standard InChI is InChI=1S/C14H23NO3/c1-14(13(17)18)9-2-3-10-15(14)12(16)8-7-11-5-4-6-11/h11H,2-10H2,1H3,(H,17,18). The second-order valence-corrected chi connectivity index (χ2v) is 5.92. The number of likely N-dealkylation sites (tertiary alicyclic amines) is 1. The fourth-order valence-electron chi connectivity index (χ4n) is 2.99. The van der Waals surface area contributed by atoms with Crippen molar-refractivity contribution < 1.29 is 14.7 Å². The molecule has 102 valence electrons. The van der Waals surface area contributed by atoms with Gasteiger partial charge in [0.2, 0.25) is 5.91 Å². The second-order valence-electron chi connectivity index (χ2n) is 5.92. The molecule has 1 aliphatic heterocycles. The highest BCUT2D eigenvalue weighted by Gasteiger charge is 2.43. The van der Waals surface area contributed by atoms with E-state index in [0.717, 1.165) is 19.3 Å². The Morgan fingerprint density at radius 1 is 1.28 bits per heavy atom. The third kappa shape index (κ3) is 2.52. The van der Waals surface area contributed by atoms with Crippen LogP contribution >= 0.6 is 0 Å². The molecule has 0 aromatic rings. The molecule has 0 aromatic heterocycles. The van der Waals surface area contributed by atoms with Crippen molar-refractivity contribution in [2.75, 3.05) is 6.54 Å². The Kier molecular flexibility index (Phi) is 3.93. The third-order valence-corrected chi connectivity index (χ3v) is 4.64. The van der Waals surface area contributed by atoms with E-state index in [1.165, 1.54) is 19.3 Å². The van der Waals surface area contributed by atoms with Crippen LogP contribution in [0.3, 0.4) is 0 Å². The first-order valence-corrected chi connectivity index (χ1v) is 7.08. The van der Waals surface area contributed by atoms with E-state index in [1.807, 2.05) is 0 Å². The van der Waals surface area contributed by atoms with Crippen molar-refractivity contribution in [3.63, 3.8) is 0 Å². The first kappa shape index (κ1) is 13.4. The number of rotatable bonds is 4. The number of carbonyl (C=O) groups is 2. The van der Waals surface area contributed by atoms with Gasteiger partial charge >= 0.3 is 5.97 Å². The molecule has 1 unspecified atom stereocenters. The Morgan fingerprint density at radius 2 is 2.00 bits per heavy atom. The van der Waals surface area contributed by atoms with Crippen molar-refractivity contribution in [1.29, 1.82) is 0 Å². The van der Waals surface area contributed by atoms with Gasteiger partial charge in [0, 0.05) is 13.0 Å². The van der Waals surface area contributed by atoms with Crippen molar-refractivity contribution >= 4 is 11.9 Å². The lowest BCUT2D eigenvalue weighted by Crippen LogP contribution is -2.57. The van der Waals surface area contributed by atoms with Crippen molar-refractivity contribution in [2.45, 2.75) is 63.8 Å². The summed E-state index contributed by atoms with van der Waals surface area (Å²) < 4.78 is 0. The zero-order valence-corrected chi connectivity index (χ0v) is 11.2. The van der Waals surface area contributed by atoms with Gasteiger partial charge in [-0.2, -0.15) is 0 Å². The summed E-state index contributed by atoms with van der Waals surface area (Å²) in [4.78, 5) is 25.2. The van der Waals surface area contributed by atoms with Crippen LogP contribution in [-0.2, 0) is 9.59 Å². The highest BCUT2D eigenvalue weighted by atomic mass is 16.4. The first-order valence-electron chi connectivity index (χ1n) is 7.08. The van der Waals surface area contributed by atoms with Gasteiger partial charge < -0.3 is 10.0 Å². The van der Waals surface area contributed by atoms with Crippen LogP contribution in [-0.4, -0.2) is 34.0 Å². The summed E-state index contributed by atoms with van der Waals surface area (Å²) >= 11 is 0. The zero-order valence-electron chi connectivity index (χ0n) is 11.2. The maximum Gasteiger partial charge on any atom is 0.329 e. The lowest BCUT2D eigenvalue weighted by atomic mass is 9.81. The Labute approximate surface area is 108 Å². The molecule has 1 heterocycles. The molecule has 4 heteroatoms. The van der Waals surface area contributed by atoms with E-state index in [9.17, 15) is 14.7 Å². The minimum atomic E-state index is -0.977. The Hall–Kier alpha value is -1.06. The van der Waals surface area contributed by atoms with Gasteiger partial charge in [-0.25, -0.2) is 4.79 Å². The number of nitrogens with zero attached hydrogens (tertiary/aromatic N) is 1. The van der Waals surface area contributed by atoms with Crippen LogP contribution in [0, 0.1) is 5.92 Å². The van der Waals surface area contributed by atoms with E-state index < -0.39 is 11.5 Å². The fourth-order valence-corrected chi connectivity index (χ4v) is 2.99. The van der Waals surface area contributed by atoms with Crippen LogP contribution in [0.15, 0.2) is 0 Å². The van der Waals surface area contributed by atoms with Gasteiger partial charge in [-0.1, -0.05) is 19.3 Å². The average Bonchev–Trinajstić information content (AvgIpc) is 2.27. The van der Waals surface area contributed by atoms with E-state index in [-0.39, 0.29) is 5.91 Å². The third-order valence-electron chi connectivity index (χ3n) is 4.64. The van der Waals surface area contributed by atoms with Crippen molar-refractivity contribution in [3.8, 4) is 0 Å². The largest absolute Gasteiger partial charge is 0.480 e. The molecule has 4 nitrogen and oxygen atoms in total. The molecule has 18 heavy (non-hydrogen) atoms. The maximum atomic E-state index is 12.2. The highest BCUT2D eigenvalue weighted by Crippen LogP contribution is 2.33. The minimum Gasteiger partial charge on any atom is -0.480 e. The summed E-state index contributed by atoms with van der Waals surface area (Å²) in [6.45, 7) is 2.29. The van der Waals surface area contributed by atoms with Gasteiger partial charge in [0.1, 0.15) is 5.54 Å². The van der Waals surface area contributed by atoms with E-state index >= 15 is 0 Å². The topological polar surface area (TPSA) is 57.6 Å². The predicted octanol–water partition coefficient (Wildman–Crippen LogP) is 2.42. The summed E-state index contributed by atoms with van der Waals surface area (Å²) in [7, 11) is 0. The number of carboxylic acid groups (broad SMARTS) is 1. The molecule has 2 rings (SSSR count). The van der Waals surface area contributed by atoms with Crippen LogP contribution in [0.4, 0.5) is 0 Å². The van der Waals surface area contributed by atoms with E-state index in [0.29, 0.717) is 25.3 Å². The maximum absolute atomic E-state index is 12.2. The van der Waals surface area contributed by atoms with E-state index in [2.05, 4.69) is 0 Å². The minimum absolute atomic E-state index is 0.0338. The van der Waals surface area contributed by atoms with Crippen molar-refractivity contribution in [1.82, 2.24) is 4.90 Å². The molecule has 2 aliphatic rings. The molecule has 0 radical (unpaired) electrons. The summed E-state index contributed by atoms with van der Waals surface area (Å²) in [6.07, 6.45) is 7.63. The number of hydrogen-bond acceptors (Lipinski definition) is 2. The predicted molar refractivity (Wildman–Crippen MR) is 68.2 cm³/mol. The number of amides is 1. The number of carboxylic acids is 1. The molecule has 1 N–H and O–H groups in total. The summed E-state index contributed by atoms with van der Waals surface area (Å²) in [5, 5.41) is 9.36. The fraction of sp³-hybridized carbons (Fsp3) is 0.857. The average molecular weight is 253 g/mol. The summed E-state index contributed by atoms with van der Waals surface area (Å²) in [6, 6.07) is 0. The van der Waals surface area contributed by atoms with Crippen molar-refractivity contribution in [3.05, 3.63) is 0 Å². The SMILES string of the molecule is CC1(C(=O)O)CCCCN1C(=O)CCC1CCC1. The summed E-state index contributed by atoms with van der Waals surface area (Å²) in [5.74, 6) is -0.125. The van der Waals surface area contributed by atoms with E-state index in [1.54, 1.807) is 11.8 Å². The zero-order chi connectivity index (χ0) is 13.2. The van der Waals surface area contributed by atoms with Crippen LogP contribution < -0.4 is 0 Å². The van der Waals surface area contributed by atoms with Crippen LogP contribution in [0.1, 0.15) is 58.3 Å². The van der Waals surface area contributed by atoms with E-state index in [4.69, 9.17) is 0 Å². The van der Waals surface area contributed by atoms with Gasteiger partial charge in [-0.05, 0) is 38.5 Å². The Morgan fingerprint density at radius 3 is 2.56 bits per heavy atom. The molecule has 0 spiro atoms. The van der Waals surface area contributed by atoms with Gasteiger partial charge in [0.05, 0.1) is 0 Å². The normalized spacial score (nSPS) is 28.8. The Balaban J connectivity index is 1.94. The monoisotopic (exact) mass is 253 g/mol. The lowest BCUT2D eigenvalue weighted by molar-refractivity contribution is -0.161. The molecule has 1 aliphatic carbocycles. The van der Waals surface area contributed by atoms with Crippen LogP contribution in [0.5, 0.6) is 0 Å². The smallest absolute Gasteiger partial charge is 0.329 e. The van der Waals surface area contributed by atoms with Gasteiger partial charge in [0.15, 0.2) is 0 Å². The molecule has 1 atom stereocenters. The molecule has 2 fully saturated rings. The van der Waals surface area contributed by atoms with Crippen molar-refractivity contribution in [2.24, 2.45) is 5.92 Å². The first-order chi connectivity index (χ1) is 8.54. The molecule has 1 amide bonds. The number of carbonyl (C=O) groups excluding carboxylic acids is 1. The second kappa shape index (κ2) is 5.29. The molecular weight excluding hydrogens is 230 g/mol. The highest BCUT2D eigenvalue weighted by molar-refractivity contribution is 5.87. The molecule has 1 saturated heterocycles. The molecular formula is C14H23NO3. The van der Waals surface area contributed by atoms with Gasteiger partial charge in [0.25, 0.3) is 0 Å². The molecule has 0 bridgehead atoms. The lowest BCUT2D eigenvalue weighted by Gasteiger charge is -2.42. The number of aliphatic carboxylic acids is 1. The molecule has 1 saturated carbocycles. The quantitative estimate of drug-likeness (QED) is 0.837. The van der Waals surface area contributed by atoms with Gasteiger partial charge in [-0.3, -0.25) is 4.79 Å².